The van der Waals surface area contributed by atoms with Crippen molar-refractivity contribution in [2.45, 2.75) is 25.7 Å². The number of benzene rings is 1. The number of methoxy groups -OCH3 is 1. The minimum Gasteiger partial charge on any atom is -0.497 e. The summed E-state index contributed by atoms with van der Waals surface area (Å²) in [6.07, 6.45) is 4.21. The third-order valence-electron chi connectivity index (χ3n) is 3.84. The monoisotopic (exact) mass is 312 g/mol. The van der Waals surface area contributed by atoms with E-state index in [1.54, 1.807) is 31.4 Å². The first-order chi connectivity index (χ1) is 10.7. The fraction of sp³-hybridized carbons (Fsp3) is 0.294. The molecule has 1 aliphatic carbocycles. The molecule has 0 spiro atoms. The molecule has 1 aromatic carbocycles. The Hall–Kier alpha value is -2.32. The number of hydrogen-bond acceptors (Lipinski definition) is 4. The van der Waals surface area contributed by atoms with Crippen LogP contribution in [-0.4, -0.2) is 13.0 Å². The van der Waals surface area contributed by atoms with E-state index in [2.05, 4.69) is 11.4 Å². The Morgan fingerprint density at radius 3 is 2.95 bits per heavy atom. The molecule has 112 valence electrons. The molecule has 2 aromatic rings. The van der Waals surface area contributed by atoms with Crippen LogP contribution < -0.4 is 10.1 Å². The van der Waals surface area contributed by atoms with Crippen molar-refractivity contribution in [3.63, 3.8) is 0 Å². The van der Waals surface area contributed by atoms with Crippen LogP contribution in [0.1, 0.15) is 39.2 Å². The van der Waals surface area contributed by atoms with Crippen molar-refractivity contribution in [1.82, 2.24) is 0 Å². The molecule has 4 nitrogen and oxygen atoms in total. The maximum absolute atomic E-state index is 12.4. The van der Waals surface area contributed by atoms with Crippen LogP contribution in [0.25, 0.3) is 0 Å². The van der Waals surface area contributed by atoms with Crippen LogP contribution in [0.2, 0.25) is 0 Å². The smallest absolute Gasteiger partial charge is 0.256 e. The zero-order valence-electron chi connectivity index (χ0n) is 12.3. The maximum Gasteiger partial charge on any atom is 0.256 e. The Kier molecular flexibility index (Phi) is 4.12. The highest BCUT2D eigenvalue weighted by molar-refractivity contribution is 7.16. The van der Waals surface area contributed by atoms with Crippen LogP contribution in [0.5, 0.6) is 5.75 Å². The summed E-state index contributed by atoms with van der Waals surface area (Å²) in [5.74, 6) is 0.424. The van der Waals surface area contributed by atoms with Crippen molar-refractivity contribution in [3.05, 3.63) is 45.8 Å². The quantitative estimate of drug-likeness (QED) is 0.938. The number of nitrogens with zero attached hydrogens (tertiary/aromatic N) is 1. The first-order valence-corrected chi connectivity index (χ1v) is 8.04. The number of rotatable bonds is 3. The lowest BCUT2D eigenvalue weighted by Crippen LogP contribution is -2.12. The van der Waals surface area contributed by atoms with E-state index in [1.807, 2.05) is 0 Å². The molecule has 0 unspecified atom stereocenters. The minimum absolute atomic E-state index is 0.214. The van der Waals surface area contributed by atoms with Gasteiger partial charge >= 0.3 is 0 Å². The van der Waals surface area contributed by atoms with Crippen LogP contribution in [0.15, 0.2) is 24.3 Å². The molecular formula is C17H16N2O2S. The van der Waals surface area contributed by atoms with Crippen LogP contribution in [0.3, 0.4) is 0 Å². The van der Waals surface area contributed by atoms with Gasteiger partial charge in [0.25, 0.3) is 5.91 Å². The number of hydrogen-bond donors (Lipinski definition) is 1. The van der Waals surface area contributed by atoms with Gasteiger partial charge in [0.15, 0.2) is 0 Å². The minimum atomic E-state index is -0.214. The normalized spacial score (nSPS) is 13.1. The number of carbonyl (C=O) groups excluding carboxylic acids is 1. The number of nitrogens with one attached hydrogen (secondary N) is 1. The summed E-state index contributed by atoms with van der Waals surface area (Å²) < 4.78 is 5.14. The first kappa shape index (κ1) is 14.6. The molecule has 0 fully saturated rings. The molecular weight excluding hydrogens is 296 g/mol. The van der Waals surface area contributed by atoms with Crippen molar-refractivity contribution in [2.75, 3.05) is 12.4 Å². The molecule has 0 saturated heterocycles. The molecule has 0 atom stereocenters. The van der Waals surface area contributed by atoms with Crippen molar-refractivity contribution in [1.29, 1.82) is 5.26 Å². The van der Waals surface area contributed by atoms with Gasteiger partial charge in [-0.2, -0.15) is 5.26 Å². The van der Waals surface area contributed by atoms with Gasteiger partial charge in [-0.3, -0.25) is 4.79 Å². The highest BCUT2D eigenvalue weighted by Gasteiger charge is 2.22. The highest BCUT2D eigenvalue weighted by atomic mass is 32.1. The number of nitriles is 1. The van der Waals surface area contributed by atoms with Gasteiger partial charge in [-0.1, -0.05) is 6.07 Å². The Morgan fingerprint density at radius 1 is 1.36 bits per heavy atom. The molecule has 1 amide bonds. The lowest BCUT2D eigenvalue weighted by atomic mass is 9.96. The van der Waals surface area contributed by atoms with Gasteiger partial charge in [0.1, 0.15) is 16.8 Å². The van der Waals surface area contributed by atoms with Gasteiger partial charge < -0.3 is 10.1 Å². The lowest BCUT2D eigenvalue weighted by Gasteiger charge is -2.09. The number of ether oxygens (including phenoxy) is 1. The maximum atomic E-state index is 12.4. The van der Waals surface area contributed by atoms with E-state index >= 15 is 0 Å². The average molecular weight is 312 g/mol. The standard InChI is InChI=1S/C17H16N2O2S/c1-21-12-6-4-5-11(9-12)16(20)19-17-14(10-18)13-7-2-3-8-15(13)22-17/h4-6,9H,2-3,7-8H2,1H3,(H,19,20). The fourth-order valence-corrected chi connectivity index (χ4v) is 3.95. The second-order valence-corrected chi connectivity index (χ2v) is 6.32. The predicted molar refractivity (Wildman–Crippen MR) is 86.6 cm³/mol. The largest absolute Gasteiger partial charge is 0.497 e. The number of anilines is 1. The van der Waals surface area contributed by atoms with E-state index in [0.29, 0.717) is 21.9 Å². The van der Waals surface area contributed by atoms with Gasteiger partial charge in [-0.05, 0) is 49.4 Å². The molecule has 5 heteroatoms. The van der Waals surface area contributed by atoms with Crippen LogP contribution in [-0.2, 0) is 12.8 Å². The molecule has 22 heavy (non-hydrogen) atoms. The summed E-state index contributed by atoms with van der Waals surface area (Å²) in [5.41, 5.74) is 2.28. The van der Waals surface area contributed by atoms with Gasteiger partial charge in [0.2, 0.25) is 0 Å². The van der Waals surface area contributed by atoms with Crippen molar-refractivity contribution in [3.8, 4) is 11.8 Å². The van der Waals surface area contributed by atoms with E-state index in [4.69, 9.17) is 4.74 Å². The Labute approximate surface area is 133 Å². The molecule has 0 aliphatic heterocycles. The van der Waals surface area contributed by atoms with Crippen LogP contribution in [0.4, 0.5) is 5.00 Å². The molecule has 0 saturated carbocycles. The van der Waals surface area contributed by atoms with Gasteiger partial charge in [-0.15, -0.1) is 11.3 Å². The van der Waals surface area contributed by atoms with Crippen molar-refractivity contribution < 1.29 is 9.53 Å². The molecule has 1 aliphatic rings. The zero-order valence-corrected chi connectivity index (χ0v) is 13.1. The number of fused-ring (bicyclic) bond motifs is 1. The first-order valence-electron chi connectivity index (χ1n) is 7.23. The molecule has 0 bridgehead atoms. The Bertz CT molecular complexity index is 759. The van der Waals surface area contributed by atoms with E-state index in [9.17, 15) is 10.1 Å². The molecule has 0 radical (unpaired) electrons. The van der Waals surface area contributed by atoms with E-state index in [1.165, 1.54) is 16.2 Å². The molecule has 3 rings (SSSR count). The molecule has 1 aromatic heterocycles. The summed E-state index contributed by atoms with van der Waals surface area (Å²) in [6.45, 7) is 0. The number of amides is 1. The third-order valence-corrected chi connectivity index (χ3v) is 5.05. The van der Waals surface area contributed by atoms with Crippen LogP contribution in [0, 0.1) is 11.3 Å². The predicted octanol–water partition coefficient (Wildman–Crippen LogP) is 3.76. The van der Waals surface area contributed by atoms with Gasteiger partial charge in [0.05, 0.1) is 12.7 Å². The van der Waals surface area contributed by atoms with E-state index < -0.39 is 0 Å². The van der Waals surface area contributed by atoms with E-state index in [-0.39, 0.29) is 5.91 Å². The molecule has 1 N–H and O–H groups in total. The fourth-order valence-electron chi connectivity index (χ4n) is 2.71. The summed E-state index contributed by atoms with van der Waals surface area (Å²) in [6, 6.07) is 9.25. The van der Waals surface area contributed by atoms with Gasteiger partial charge in [-0.25, -0.2) is 0 Å². The SMILES string of the molecule is COc1cccc(C(=O)Nc2sc3c(c2C#N)CCCC3)c1. The summed E-state index contributed by atoms with van der Waals surface area (Å²) in [4.78, 5) is 13.6. The third kappa shape index (κ3) is 2.70. The summed E-state index contributed by atoms with van der Waals surface area (Å²) >= 11 is 1.53. The number of thiophene rings is 1. The summed E-state index contributed by atoms with van der Waals surface area (Å²) in [5, 5.41) is 13.0. The second-order valence-electron chi connectivity index (χ2n) is 5.21. The second kappa shape index (κ2) is 6.20. The Balaban J connectivity index is 1.88. The highest BCUT2D eigenvalue weighted by Crippen LogP contribution is 2.37. The Morgan fingerprint density at radius 2 is 2.18 bits per heavy atom. The average Bonchev–Trinajstić information content (AvgIpc) is 2.91. The summed E-state index contributed by atoms with van der Waals surface area (Å²) in [7, 11) is 1.57. The number of aryl methyl sites for hydroxylation is 1. The molecule has 1 heterocycles. The van der Waals surface area contributed by atoms with Crippen molar-refractivity contribution in [2.24, 2.45) is 0 Å². The topological polar surface area (TPSA) is 62.1 Å². The van der Waals surface area contributed by atoms with Gasteiger partial charge in [0, 0.05) is 10.4 Å². The number of carbonyl (C=O) groups is 1. The van der Waals surface area contributed by atoms with Crippen molar-refractivity contribution >= 4 is 22.2 Å². The van der Waals surface area contributed by atoms with E-state index in [0.717, 1.165) is 31.2 Å². The zero-order chi connectivity index (χ0) is 15.5. The lowest BCUT2D eigenvalue weighted by molar-refractivity contribution is 0.102. The van der Waals surface area contributed by atoms with Crippen LogP contribution >= 0.6 is 11.3 Å².